The molecule has 1 aliphatic heterocycles. The largest absolute Gasteiger partial charge is 0.489 e. The van der Waals surface area contributed by atoms with Gasteiger partial charge in [0.15, 0.2) is 5.17 Å². The molecular formula is C29H23FN2O4S. The molecule has 1 unspecified atom stereocenters. The number of nitrogens with one attached hydrogen (secondary N) is 1. The molecule has 1 amide bonds. The van der Waals surface area contributed by atoms with Crippen LogP contribution in [0.4, 0.5) is 10.1 Å². The Labute approximate surface area is 217 Å². The maximum Gasteiger partial charge on any atom is 0.307 e. The predicted molar refractivity (Wildman–Crippen MR) is 144 cm³/mol. The van der Waals surface area contributed by atoms with Crippen LogP contribution in [0.15, 0.2) is 89.9 Å². The number of carbonyl (C=O) groups excluding carboxylic acids is 1. The third-order valence-electron chi connectivity index (χ3n) is 5.96. The number of carbonyl (C=O) groups is 2. The first-order valence-electron chi connectivity index (χ1n) is 11.7. The molecule has 0 saturated heterocycles. The summed E-state index contributed by atoms with van der Waals surface area (Å²) in [7, 11) is 0. The number of aliphatic carboxylic acids is 1. The van der Waals surface area contributed by atoms with Gasteiger partial charge < -0.3 is 15.2 Å². The fraction of sp³-hybridized carbons (Fsp3) is 0.138. The van der Waals surface area contributed by atoms with Crippen LogP contribution in [0.5, 0.6) is 5.75 Å². The molecule has 0 fully saturated rings. The van der Waals surface area contributed by atoms with Crippen molar-refractivity contribution in [1.29, 1.82) is 0 Å². The second kappa shape index (κ2) is 10.8. The van der Waals surface area contributed by atoms with E-state index in [4.69, 9.17) is 9.84 Å². The van der Waals surface area contributed by atoms with Crippen molar-refractivity contribution in [1.82, 2.24) is 0 Å². The minimum Gasteiger partial charge on any atom is -0.489 e. The highest BCUT2D eigenvalue weighted by atomic mass is 32.2. The Morgan fingerprint density at radius 1 is 0.973 bits per heavy atom. The molecule has 0 spiro atoms. The maximum absolute atomic E-state index is 14.3. The summed E-state index contributed by atoms with van der Waals surface area (Å²) in [5.74, 6) is -1.30. The van der Waals surface area contributed by atoms with E-state index < -0.39 is 23.5 Å². The van der Waals surface area contributed by atoms with Gasteiger partial charge in [-0.05, 0) is 58.1 Å². The monoisotopic (exact) mass is 514 g/mol. The van der Waals surface area contributed by atoms with Crippen molar-refractivity contribution in [3.8, 4) is 5.75 Å². The topological polar surface area (TPSA) is 88.0 Å². The third-order valence-corrected chi connectivity index (χ3v) is 7.03. The summed E-state index contributed by atoms with van der Waals surface area (Å²) in [5, 5.41) is 13.9. The predicted octanol–water partition coefficient (Wildman–Crippen LogP) is 5.84. The van der Waals surface area contributed by atoms with Gasteiger partial charge in [0.1, 0.15) is 18.2 Å². The Balaban J connectivity index is 1.31. The smallest absolute Gasteiger partial charge is 0.307 e. The summed E-state index contributed by atoms with van der Waals surface area (Å²) in [6.07, 6.45) is 0.0157. The van der Waals surface area contributed by atoms with Crippen molar-refractivity contribution in [2.24, 2.45) is 4.99 Å². The van der Waals surface area contributed by atoms with E-state index in [1.807, 2.05) is 66.7 Å². The van der Waals surface area contributed by atoms with Gasteiger partial charge in [0, 0.05) is 5.69 Å². The van der Waals surface area contributed by atoms with Crippen molar-refractivity contribution in [2.45, 2.75) is 24.7 Å². The van der Waals surface area contributed by atoms with Gasteiger partial charge in [0.2, 0.25) is 0 Å². The van der Waals surface area contributed by atoms with Crippen LogP contribution in [-0.2, 0) is 29.0 Å². The van der Waals surface area contributed by atoms with Gasteiger partial charge in [-0.25, -0.2) is 4.39 Å². The number of fused-ring (bicyclic) bond motifs is 1. The van der Waals surface area contributed by atoms with Crippen LogP contribution in [0, 0.1) is 5.82 Å². The number of ether oxygens (including phenoxy) is 1. The lowest BCUT2D eigenvalue weighted by atomic mass is 10.0. The number of halogens is 1. The van der Waals surface area contributed by atoms with E-state index in [0.29, 0.717) is 29.6 Å². The van der Waals surface area contributed by atoms with Crippen LogP contribution in [0.3, 0.4) is 0 Å². The molecule has 0 bridgehead atoms. The molecule has 1 heterocycles. The highest BCUT2D eigenvalue weighted by molar-refractivity contribution is 8.15. The zero-order valence-electron chi connectivity index (χ0n) is 19.7. The van der Waals surface area contributed by atoms with Crippen LogP contribution in [-0.4, -0.2) is 27.4 Å². The molecule has 1 aliphatic rings. The molecule has 0 aromatic heterocycles. The van der Waals surface area contributed by atoms with Crippen LogP contribution in [0.25, 0.3) is 10.8 Å². The van der Waals surface area contributed by atoms with Crippen LogP contribution >= 0.6 is 11.8 Å². The summed E-state index contributed by atoms with van der Waals surface area (Å²) in [6, 6.07) is 26.1. The lowest BCUT2D eigenvalue weighted by molar-refractivity contribution is -0.136. The number of rotatable bonds is 8. The minimum atomic E-state index is -1.11. The highest BCUT2D eigenvalue weighted by Gasteiger charge is 2.30. The number of carboxylic acid groups (broad SMARTS) is 1. The summed E-state index contributed by atoms with van der Waals surface area (Å²) >= 11 is 1.27. The maximum atomic E-state index is 14.3. The van der Waals surface area contributed by atoms with Crippen LogP contribution < -0.4 is 10.1 Å². The molecular weight excluding hydrogens is 491 g/mol. The number of thioether (sulfide) groups is 1. The van der Waals surface area contributed by atoms with Crippen LogP contribution in [0.2, 0.25) is 0 Å². The molecule has 4 aromatic carbocycles. The Hall–Kier alpha value is -4.17. The Morgan fingerprint density at radius 2 is 1.70 bits per heavy atom. The number of amidine groups is 1. The first-order chi connectivity index (χ1) is 17.9. The molecule has 8 heteroatoms. The normalized spacial score (nSPS) is 15.0. The fourth-order valence-electron chi connectivity index (χ4n) is 4.12. The summed E-state index contributed by atoms with van der Waals surface area (Å²) in [4.78, 5) is 27.7. The summed E-state index contributed by atoms with van der Waals surface area (Å²) in [6.45, 7) is 0.407. The van der Waals surface area contributed by atoms with E-state index in [1.54, 1.807) is 6.07 Å². The number of aliphatic imine (C=N–C) groups is 1. The van der Waals surface area contributed by atoms with Gasteiger partial charge in [-0.3, -0.25) is 9.59 Å². The zero-order valence-corrected chi connectivity index (χ0v) is 20.5. The first kappa shape index (κ1) is 24.5. The number of anilines is 1. The molecule has 5 rings (SSSR count). The van der Waals surface area contributed by atoms with Gasteiger partial charge in [-0.2, -0.15) is 4.99 Å². The number of amides is 1. The van der Waals surface area contributed by atoms with E-state index in [9.17, 15) is 14.0 Å². The Kier molecular flexibility index (Phi) is 7.18. The summed E-state index contributed by atoms with van der Waals surface area (Å²) < 4.78 is 20.5. The second-order valence-electron chi connectivity index (χ2n) is 8.65. The lowest BCUT2D eigenvalue weighted by Gasteiger charge is -2.15. The SMILES string of the molecule is O=C(O)Cc1ccc(NC2=NC(=O)C(Cc3cc4ccccc4cc3OCc3ccccc3)S2)cc1F. The van der Waals surface area contributed by atoms with Gasteiger partial charge in [-0.15, -0.1) is 0 Å². The number of benzene rings is 4. The quantitative estimate of drug-likeness (QED) is 0.307. The van der Waals surface area contributed by atoms with E-state index >= 15 is 0 Å². The molecule has 1 atom stereocenters. The van der Waals surface area contributed by atoms with E-state index in [1.165, 1.54) is 23.9 Å². The number of hydrogen-bond acceptors (Lipinski definition) is 5. The molecule has 37 heavy (non-hydrogen) atoms. The van der Waals surface area contributed by atoms with Gasteiger partial charge >= 0.3 is 5.97 Å². The van der Waals surface area contributed by atoms with Crippen molar-refractivity contribution in [3.05, 3.63) is 107 Å². The van der Waals surface area contributed by atoms with E-state index in [0.717, 1.165) is 21.9 Å². The molecule has 0 radical (unpaired) electrons. The Bertz CT molecular complexity index is 1510. The minimum absolute atomic E-state index is 0.0901. The van der Waals surface area contributed by atoms with E-state index in [-0.39, 0.29) is 11.5 Å². The van der Waals surface area contributed by atoms with Gasteiger partial charge in [0.25, 0.3) is 5.91 Å². The highest BCUT2D eigenvalue weighted by Crippen LogP contribution is 2.33. The number of nitrogens with zero attached hydrogens (tertiary/aromatic N) is 1. The molecule has 2 N–H and O–H groups in total. The number of carboxylic acids is 1. The molecule has 6 nitrogen and oxygen atoms in total. The van der Waals surface area contributed by atoms with Gasteiger partial charge in [-0.1, -0.05) is 72.4 Å². The van der Waals surface area contributed by atoms with Crippen molar-refractivity contribution in [2.75, 3.05) is 5.32 Å². The fourth-order valence-corrected chi connectivity index (χ4v) is 5.13. The molecule has 0 saturated carbocycles. The standard InChI is InChI=1S/C29H23FN2O4S/c30-24-16-23(11-10-21(24)15-27(33)34)31-29-32-28(35)26(37-29)14-22-12-19-8-4-5-9-20(19)13-25(22)36-17-18-6-2-1-3-7-18/h1-13,16,26H,14-15,17H2,(H,33,34)(H,31,32,35). The van der Waals surface area contributed by atoms with Crippen molar-refractivity contribution in [3.63, 3.8) is 0 Å². The Morgan fingerprint density at radius 3 is 2.43 bits per heavy atom. The van der Waals surface area contributed by atoms with Crippen molar-refractivity contribution >= 4 is 45.3 Å². The number of hydrogen-bond donors (Lipinski definition) is 2. The second-order valence-corrected chi connectivity index (χ2v) is 9.84. The lowest BCUT2D eigenvalue weighted by Crippen LogP contribution is -2.15. The summed E-state index contributed by atoms with van der Waals surface area (Å²) in [5.41, 5.74) is 2.43. The van der Waals surface area contributed by atoms with Crippen LogP contribution in [0.1, 0.15) is 16.7 Å². The van der Waals surface area contributed by atoms with Crippen molar-refractivity contribution < 1.29 is 23.8 Å². The molecule has 4 aromatic rings. The molecule has 186 valence electrons. The molecule has 0 aliphatic carbocycles. The zero-order chi connectivity index (χ0) is 25.8. The third kappa shape index (κ3) is 5.98. The average Bonchev–Trinajstić information content (AvgIpc) is 3.23. The van der Waals surface area contributed by atoms with Gasteiger partial charge in [0.05, 0.1) is 11.7 Å². The van der Waals surface area contributed by atoms with E-state index in [2.05, 4.69) is 10.3 Å². The first-order valence-corrected chi connectivity index (χ1v) is 12.6. The average molecular weight is 515 g/mol.